The lowest BCUT2D eigenvalue weighted by Gasteiger charge is -2.07. The van der Waals surface area contributed by atoms with E-state index in [1.54, 1.807) is 0 Å². The minimum absolute atomic E-state index is 0.213. The molecule has 1 aliphatic heterocycles. The maximum atomic E-state index is 8.41. The minimum Gasteiger partial charge on any atom is -0.326 e. The predicted molar refractivity (Wildman–Crippen MR) is 39.2 cm³/mol. The molecule has 2 N–H and O–H groups in total. The van der Waals surface area contributed by atoms with E-state index in [0.717, 1.165) is 13.1 Å². The number of rotatable bonds is 1. The Morgan fingerprint density at radius 3 is 2.80 bits per heavy atom. The second-order valence-electron chi connectivity index (χ2n) is 3.01. The number of nitriles is 1. The second kappa shape index (κ2) is 3.00. The number of hydrogen-bond acceptors (Lipinski definition) is 3. The minimum atomic E-state index is 0.213. The van der Waals surface area contributed by atoms with E-state index >= 15 is 0 Å². The molecule has 1 saturated heterocycles. The number of hydrogen-bond donors (Lipinski definition) is 1. The van der Waals surface area contributed by atoms with Crippen molar-refractivity contribution in [3.8, 4) is 6.07 Å². The molecule has 0 saturated carbocycles. The van der Waals surface area contributed by atoms with Gasteiger partial charge in [-0.15, -0.1) is 0 Å². The highest BCUT2D eigenvalue weighted by atomic mass is 15.1. The molecule has 0 aromatic carbocycles. The van der Waals surface area contributed by atoms with Crippen molar-refractivity contribution < 1.29 is 0 Å². The molecule has 56 valence electrons. The van der Waals surface area contributed by atoms with Gasteiger partial charge in [-0.2, -0.15) is 5.26 Å². The van der Waals surface area contributed by atoms with E-state index in [9.17, 15) is 0 Å². The van der Waals surface area contributed by atoms with E-state index < -0.39 is 0 Å². The molecule has 0 bridgehead atoms. The first-order valence-electron chi connectivity index (χ1n) is 3.55. The topological polar surface area (TPSA) is 53.0 Å². The van der Waals surface area contributed by atoms with Crippen molar-refractivity contribution in [1.82, 2.24) is 4.90 Å². The zero-order valence-electron chi connectivity index (χ0n) is 6.25. The van der Waals surface area contributed by atoms with Gasteiger partial charge in [0.25, 0.3) is 0 Å². The molecular formula is C7H13N3. The molecule has 1 aliphatic rings. The van der Waals surface area contributed by atoms with Crippen molar-refractivity contribution in [2.24, 2.45) is 11.7 Å². The normalized spacial score (nSPS) is 34.1. The molecule has 10 heavy (non-hydrogen) atoms. The van der Waals surface area contributed by atoms with Gasteiger partial charge in [-0.1, -0.05) is 0 Å². The molecule has 0 aromatic rings. The van der Waals surface area contributed by atoms with E-state index in [4.69, 9.17) is 11.0 Å². The van der Waals surface area contributed by atoms with E-state index in [0.29, 0.717) is 12.3 Å². The van der Waals surface area contributed by atoms with Crippen LogP contribution >= 0.6 is 0 Å². The fraction of sp³-hybridized carbons (Fsp3) is 0.857. The number of likely N-dealkylation sites (tertiary alicyclic amines) is 1. The summed E-state index contributed by atoms with van der Waals surface area (Å²) in [5.41, 5.74) is 5.76. The van der Waals surface area contributed by atoms with Crippen LogP contribution in [0.2, 0.25) is 0 Å². The highest BCUT2D eigenvalue weighted by molar-refractivity contribution is 4.90. The van der Waals surface area contributed by atoms with Gasteiger partial charge in [-0.3, -0.25) is 0 Å². The van der Waals surface area contributed by atoms with Crippen molar-refractivity contribution in [3.63, 3.8) is 0 Å². The highest BCUT2D eigenvalue weighted by Gasteiger charge is 2.26. The summed E-state index contributed by atoms with van der Waals surface area (Å²) in [6.07, 6.45) is 0.603. The van der Waals surface area contributed by atoms with E-state index in [-0.39, 0.29) is 6.04 Å². The molecule has 0 spiro atoms. The zero-order chi connectivity index (χ0) is 7.56. The van der Waals surface area contributed by atoms with Gasteiger partial charge in [-0.05, 0) is 7.05 Å². The lowest BCUT2D eigenvalue weighted by Crippen LogP contribution is -2.28. The Balaban J connectivity index is 2.40. The van der Waals surface area contributed by atoms with Crippen LogP contribution in [0, 0.1) is 17.2 Å². The van der Waals surface area contributed by atoms with Crippen LogP contribution in [0.5, 0.6) is 0 Å². The van der Waals surface area contributed by atoms with Crippen LogP contribution in [-0.4, -0.2) is 31.1 Å². The first-order chi connectivity index (χ1) is 4.74. The molecule has 1 fully saturated rings. The number of nitrogens with zero attached hydrogens (tertiary/aromatic N) is 2. The van der Waals surface area contributed by atoms with Crippen LogP contribution in [0.3, 0.4) is 0 Å². The number of nitrogens with two attached hydrogens (primary N) is 1. The lowest BCUT2D eigenvalue weighted by atomic mass is 10.0. The molecule has 3 nitrogen and oxygen atoms in total. The van der Waals surface area contributed by atoms with Crippen LogP contribution in [0.15, 0.2) is 0 Å². The zero-order valence-corrected chi connectivity index (χ0v) is 6.25. The molecule has 0 radical (unpaired) electrons. The van der Waals surface area contributed by atoms with Crippen LogP contribution in [0.4, 0.5) is 0 Å². The molecule has 0 unspecified atom stereocenters. The fourth-order valence-electron chi connectivity index (χ4n) is 1.45. The summed E-state index contributed by atoms with van der Waals surface area (Å²) >= 11 is 0. The second-order valence-corrected chi connectivity index (χ2v) is 3.01. The SMILES string of the molecule is CN1C[C@H](CC#N)[C@H](N)C1. The summed E-state index contributed by atoms with van der Waals surface area (Å²) < 4.78 is 0. The molecule has 0 amide bonds. The Hall–Kier alpha value is -0.590. The average molecular weight is 139 g/mol. The molecule has 2 atom stereocenters. The molecular weight excluding hydrogens is 126 g/mol. The van der Waals surface area contributed by atoms with Crippen molar-refractivity contribution in [3.05, 3.63) is 0 Å². The third-order valence-corrected chi connectivity index (χ3v) is 2.03. The van der Waals surface area contributed by atoms with Crippen LogP contribution in [0.25, 0.3) is 0 Å². The van der Waals surface area contributed by atoms with Crippen molar-refractivity contribution in [2.45, 2.75) is 12.5 Å². The van der Waals surface area contributed by atoms with Crippen molar-refractivity contribution in [2.75, 3.05) is 20.1 Å². The monoisotopic (exact) mass is 139 g/mol. The summed E-state index contributed by atoms with van der Waals surface area (Å²) in [4.78, 5) is 2.17. The average Bonchev–Trinajstić information content (AvgIpc) is 2.13. The maximum absolute atomic E-state index is 8.41. The van der Waals surface area contributed by atoms with Gasteiger partial charge in [0.2, 0.25) is 0 Å². The maximum Gasteiger partial charge on any atom is 0.0625 e. The van der Waals surface area contributed by atoms with E-state index in [1.165, 1.54) is 0 Å². The summed E-state index contributed by atoms with van der Waals surface area (Å²) in [6.45, 7) is 1.92. The Bertz CT molecular complexity index is 149. The standard InChI is InChI=1S/C7H13N3/c1-10-4-6(2-3-8)7(9)5-10/h6-7H,2,4-5,9H2,1H3/t6-,7+/m0/s1. The summed E-state index contributed by atoms with van der Waals surface area (Å²) in [5.74, 6) is 0.398. The van der Waals surface area contributed by atoms with Crippen LogP contribution in [0.1, 0.15) is 6.42 Å². The molecule has 3 heteroatoms. The Labute approximate surface area is 61.4 Å². The molecule has 1 heterocycles. The Morgan fingerprint density at radius 1 is 1.70 bits per heavy atom. The van der Waals surface area contributed by atoms with Gasteiger partial charge in [0, 0.05) is 31.5 Å². The molecule has 0 aliphatic carbocycles. The van der Waals surface area contributed by atoms with E-state index in [1.807, 2.05) is 7.05 Å². The Kier molecular flexibility index (Phi) is 2.25. The van der Waals surface area contributed by atoms with Gasteiger partial charge >= 0.3 is 0 Å². The van der Waals surface area contributed by atoms with Gasteiger partial charge in [0.1, 0.15) is 0 Å². The molecule has 1 rings (SSSR count). The summed E-state index contributed by atoms with van der Waals surface area (Å²) in [7, 11) is 2.04. The first-order valence-corrected chi connectivity index (χ1v) is 3.55. The smallest absolute Gasteiger partial charge is 0.0625 e. The number of likely N-dealkylation sites (N-methyl/N-ethyl adjacent to an activating group) is 1. The lowest BCUT2D eigenvalue weighted by molar-refractivity contribution is 0.396. The summed E-state index contributed by atoms with van der Waals surface area (Å²) in [6, 6.07) is 2.37. The fourth-order valence-corrected chi connectivity index (χ4v) is 1.45. The van der Waals surface area contributed by atoms with Gasteiger partial charge in [-0.25, -0.2) is 0 Å². The van der Waals surface area contributed by atoms with Gasteiger partial charge in [0.05, 0.1) is 6.07 Å². The van der Waals surface area contributed by atoms with Crippen molar-refractivity contribution in [1.29, 1.82) is 5.26 Å². The first kappa shape index (κ1) is 7.52. The van der Waals surface area contributed by atoms with Crippen LogP contribution < -0.4 is 5.73 Å². The van der Waals surface area contributed by atoms with E-state index in [2.05, 4.69) is 11.0 Å². The van der Waals surface area contributed by atoms with Gasteiger partial charge < -0.3 is 10.6 Å². The quantitative estimate of drug-likeness (QED) is 0.547. The highest BCUT2D eigenvalue weighted by Crippen LogP contribution is 2.15. The predicted octanol–water partition coefficient (Wildman–Crippen LogP) is -0.211. The van der Waals surface area contributed by atoms with Crippen molar-refractivity contribution >= 4 is 0 Å². The summed E-state index contributed by atoms with van der Waals surface area (Å²) in [5, 5.41) is 8.41. The Morgan fingerprint density at radius 2 is 2.40 bits per heavy atom. The van der Waals surface area contributed by atoms with Gasteiger partial charge in [0.15, 0.2) is 0 Å². The van der Waals surface area contributed by atoms with Crippen LogP contribution in [-0.2, 0) is 0 Å². The molecule has 0 aromatic heterocycles. The third-order valence-electron chi connectivity index (χ3n) is 2.03. The largest absolute Gasteiger partial charge is 0.326 e. The third kappa shape index (κ3) is 1.47.